The fraction of sp³-hybridized carbons (Fsp3) is 0.556. The third kappa shape index (κ3) is 2.56. The highest BCUT2D eigenvalue weighted by Crippen LogP contribution is 2.25. The van der Waals surface area contributed by atoms with E-state index in [1.165, 1.54) is 6.26 Å². The van der Waals surface area contributed by atoms with E-state index in [9.17, 15) is 8.42 Å². The Morgan fingerprint density at radius 1 is 1.50 bits per heavy atom. The highest BCUT2D eigenvalue weighted by atomic mass is 32.2. The molecule has 80 valence electrons. The van der Waals surface area contributed by atoms with E-state index in [1.54, 1.807) is 25.3 Å². The van der Waals surface area contributed by atoms with Gasteiger partial charge in [-0.1, -0.05) is 6.07 Å². The van der Waals surface area contributed by atoms with Gasteiger partial charge in [-0.05, 0) is 25.4 Å². The topological polar surface area (TPSA) is 46.2 Å². The van der Waals surface area contributed by atoms with Crippen LogP contribution in [0.4, 0.5) is 0 Å². The van der Waals surface area contributed by atoms with Gasteiger partial charge in [0.2, 0.25) is 0 Å². The van der Waals surface area contributed by atoms with E-state index in [4.69, 9.17) is 0 Å². The summed E-state index contributed by atoms with van der Waals surface area (Å²) in [5, 5.41) is 4.60. The molecule has 5 heteroatoms. The number of nitrogens with one attached hydrogen (secondary N) is 1. The van der Waals surface area contributed by atoms with E-state index in [0.717, 1.165) is 4.88 Å². The summed E-state index contributed by atoms with van der Waals surface area (Å²) in [4.78, 5) is 1.06. The average molecular weight is 233 g/mol. The Kier molecular flexibility index (Phi) is 3.69. The van der Waals surface area contributed by atoms with Crippen molar-refractivity contribution in [2.45, 2.75) is 18.2 Å². The molecule has 0 fully saturated rings. The lowest BCUT2D eigenvalue weighted by Crippen LogP contribution is -2.32. The SMILES string of the molecule is CNC(c1cccs1)C(C)S(C)(=O)=O. The fourth-order valence-electron chi connectivity index (χ4n) is 1.32. The lowest BCUT2D eigenvalue weighted by molar-refractivity contribution is 0.540. The van der Waals surface area contributed by atoms with Gasteiger partial charge in [-0.25, -0.2) is 8.42 Å². The molecule has 1 aromatic rings. The Labute approximate surface area is 89.1 Å². The van der Waals surface area contributed by atoms with E-state index >= 15 is 0 Å². The summed E-state index contributed by atoms with van der Waals surface area (Å²) in [5.41, 5.74) is 0. The molecular weight excluding hydrogens is 218 g/mol. The molecule has 1 heterocycles. The maximum absolute atomic E-state index is 11.4. The second kappa shape index (κ2) is 4.42. The zero-order valence-electron chi connectivity index (χ0n) is 8.52. The van der Waals surface area contributed by atoms with Gasteiger partial charge >= 0.3 is 0 Å². The van der Waals surface area contributed by atoms with Crippen molar-refractivity contribution in [1.82, 2.24) is 5.32 Å². The van der Waals surface area contributed by atoms with Gasteiger partial charge in [-0.2, -0.15) is 0 Å². The van der Waals surface area contributed by atoms with Gasteiger partial charge in [0.1, 0.15) is 0 Å². The van der Waals surface area contributed by atoms with Crippen LogP contribution in [0.15, 0.2) is 17.5 Å². The standard InChI is InChI=1S/C9H15NO2S2/c1-7(14(3,11)12)9(10-2)8-5-4-6-13-8/h4-7,9-10H,1-3H3. The smallest absolute Gasteiger partial charge is 0.151 e. The van der Waals surface area contributed by atoms with Crippen LogP contribution in [0.25, 0.3) is 0 Å². The molecular formula is C9H15NO2S2. The second-order valence-electron chi connectivity index (χ2n) is 3.32. The largest absolute Gasteiger partial charge is 0.311 e. The molecule has 0 spiro atoms. The Hall–Kier alpha value is -0.390. The molecule has 0 radical (unpaired) electrons. The van der Waals surface area contributed by atoms with Crippen molar-refractivity contribution < 1.29 is 8.42 Å². The van der Waals surface area contributed by atoms with Crippen molar-refractivity contribution >= 4 is 21.2 Å². The van der Waals surface area contributed by atoms with E-state index in [2.05, 4.69) is 5.32 Å². The van der Waals surface area contributed by atoms with Gasteiger partial charge in [0.15, 0.2) is 9.84 Å². The maximum Gasteiger partial charge on any atom is 0.151 e. The van der Waals surface area contributed by atoms with Crippen LogP contribution in [0.2, 0.25) is 0 Å². The summed E-state index contributed by atoms with van der Waals surface area (Å²) in [6.07, 6.45) is 1.27. The molecule has 0 bridgehead atoms. The molecule has 0 saturated heterocycles. The van der Waals surface area contributed by atoms with Crippen molar-refractivity contribution in [3.63, 3.8) is 0 Å². The van der Waals surface area contributed by atoms with E-state index in [-0.39, 0.29) is 6.04 Å². The zero-order valence-corrected chi connectivity index (χ0v) is 10.2. The van der Waals surface area contributed by atoms with Gasteiger partial charge in [0.05, 0.1) is 11.3 Å². The lowest BCUT2D eigenvalue weighted by atomic mass is 10.2. The molecule has 1 aromatic heterocycles. The van der Waals surface area contributed by atoms with Crippen LogP contribution < -0.4 is 5.32 Å². The van der Waals surface area contributed by atoms with Gasteiger partial charge in [-0.15, -0.1) is 11.3 Å². The zero-order chi connectivity index (χ0) is 10.8. The second-order valence-corrected chi connectivity index (χ2v) is 6.70. The van der Waals surface area contributed by atoms with Crippen molar-refractivity contribution in [3.8, 4) is 0 Å². The fourth-order valence-corrected chi connectivity index (χ4v) is 3.13. The molecule has 0 aliphatic carbocycles. The maximum atomic E-state index is 11.4. The third-order valence-electron chi connectivity index (χ3n) is 2.31. The van der Waals surface area contributed by atoms with Crippen molar-refractivity contribution in [3.05, 3.63) is 22.4 Å². The van der Waals surface area contributed by atoms with Gasteiger partial charge in [0, 0.05) is 11.1 Å². The summed E-state index contributed by atoms with van der Waals surface area (Å²) in [5.74, 6) is 0. The Bertz CT molecular complexity index is 370. The van der Waals surface area contributed by atoms with Gasteiger partial charge in [0.25, 0.3) is 0 Å². The molecule has 0 aliphatic heterocycles. The normalized spacial score (nSPS) is 16.5. The molecule has 1 N–H and O–H groups in total. The molecule has 14 heavy (non-hydrogen) atoms. The Morgan fingerprint density at radius 2 is 2.14 bits per heavy atom. The first-order valence-electron chi connectivity index (χ1n) is 4.36. The molecule has 1 rings (SSSR count). The van der Waals surface area contributed by atoms with Crippen LogP contribution in [0, 0.1) is 0 Å². The van der Waals surface area contributed by atoms with Crippen LogP contribution in [-0.2, 0) is 9.84 Å². The predicted molar refractivity (Wildman–Crippen MR) is 60.4 cm³/mol. The number of rotatable bonds is 4. The highest BCUT2D eigenvalue weighted by Gasteiger charge is 2.26. The monoisotopic (exact) mass is 233 g/mol. The molecule has 2 atom stereocenters. The van der Waals surface area contributed by atoms with E-state index in [0.29, 0.717) is 0 Å². The first-order valence-corrected chi connectivity index (χ1v) is 7.19. The molecule has 0 saturated carbocycles. The van der Waals surface area contributed by atoms with Crippen LogP contribution in [0.1, 0.15) is 17.8 Å². The lowest BCUT2D eigenvalue weighted by Gasteiger charge is -2.20. The Morgan fingerprint density at radius 3 is 2.50 bits per heavy atom. The molecule has 0 amide bonds. The molecule has 2 unspecified atom stereocenters. The first-order chi connectivity index (χ1) is 6.46. The summed E-state index contributed by atoms with van der Waals surface area (Å²) >= 11 is 1.57. The summed E-state index contributed by atoms with van der Waals surface area (Å²) in [6.45, 7) is 1.73. The molecule has 0 aromatic carbocycles. The number of sulfone groups is 1. The Balaban J connectivity index is 2.94. The minimum atomic E-state index is -3.00. The van der Waals surface area contributed by atoms with Crippen molar-refractivity contribution in [2.75, 3.05) is 13.3 Å². The van der Waals surface area contributed by atoms with Crippen LogP contribution >= 0.6 is 11.3 Å². The average Bonchev–Trinajstić information content (AvgIpc) is 2.57. The van der Waals surface area contributed by atoms with Crippen LogP contribution in [0.5, 0.6) is 0 Å². The number of hydrogen-bond donors (Lipinski definition) is 1. The quantitative estimate of drug-likeness (QED) is 0.856. The predicted octanol–water partition coefficient (Wildman–Crippen LogP) is 1.44. The van der Waals surface area contributed by atoms with Crippen LogP contribution in [0.3, 0.4) is 0 Å². The summed E-state index contributed by atoms with van der Waals surface area (Å²) in [6, 6.07) is 3.78. The summed E-state index contributed by atoms with van der Waals surface area (Å²) < 4.78 is 22.8. The highest BCUT2D eigenvalue weighted by molar-refractivity contribution is 7.91. The first kappa shape index (κ1) is 11.7. The minimum Gasteiger partial charge on any atom is -0.311 e. The van der Waals surface area contributed by atoms with E-state index < -0.39 is 15.1 Å². The van der Waals surface area contributed by atoms with Crippen LogP contribution in [-0.4, -0.2) is 27.0 Å². The molecule has 3 nitrogen and oxygen atoms in total. The van der Waals surface area contributed by atoms with Crippen molar-refractivity contribution in [2.24, 2.45) is 0 Å². The van der Waals surface area contributed by atoms with E-state index in [1.807, 2.05) is 17.5 Å². The van der Waals surface area contributed by atoms with Gasteiger partial charge < -0.3 is 5.32 Å². The molecule has 0 aliphatic rings. The summed E-state index contributed by atoms with van der Waals surface area (Å²) in [7, 11) is -1.21. The van der Waals surface area contributed by atoms with Crippen molar-refractivity contribution in [1.29, 1.82) is 0 Å². The number of thiophene rings is 1. The number of hydrogen-bond acceptors (Lipinski definition) is 4. The third-order valence-corrected chi connectivity index (χ3v) is 4.88. The minimum absolute atomic E-state index is 0.106. The van der Waals surface area contributed by atoms with Gasteiger partial charge in [-0.3, -0.25) is 0 Å².